The largest absolute Gasteiger partial charge is 0.462 e. The molecule has 0 radical (unpaired) electrons. The van der Waals surface area contributed by atoms with Gasteiger partial charge in [-0.2, -0.15) is 5.10 Å². The third-order valence-electron chi connectivity index (χ3n) is 3.65. The van der Waals surface area contributed by atoms with Crippen molar-refractivity contribution in [2.75, 3.05) is 6.61 Å². The number of rotatable bonds is 4. The fourth-order valence-corrected chi connectivity index (χ4v) is 2.64. The van der Waals surface area contributed by atoms with Crippen LogP contribution in [0.15, 0.2) is 53.5 Å². The minimum Gasteiger partial charge on any atom is -0.462 e. The van der Waals surface area contributed by atoms with Crippen LogP contribution in [0.25, 0.3) is 22.5 Å². The van der Waals surface area contributed by atoms with Crippen LogP contribution in [0, 0.1) is 0 Å². The number of hydrogen-bond donors (Lipinski definition) is 1. The van der Waals surface area contributed by atoms with Gasteiger partial charge in [-0.25, -0.2) is 4.79 Å². The van der Waals surface area contributed by atoms with Crippen LogP contribution in [0.3, 0.4) is 0 Å². The molecule has 0 unspecified atom stereocenters. The Bertz CT molecular complexity index is 926. The van der Waals surface area contributed by atoms with Gasteiger partial charge in [0.05, 0.1) is 17.9 Å². The second-order valence-corrected chi connectivity index (χ2v) is 5.20. The zero-order chi connectivity index (χ0) is 17.1. The van der Waals surface area contributed by atoms with E-state index in [9.17, 15) is 9.59 Å². The molecule has 3 rings (SSSR count). The molecule has 0 spiro atoms. The molecule has 3 aromatic rings. The molecule has 2 aromatic heterocycles. The van der Waals surface area contributed by atoms with Gasteiger partial charge in [0.2, 0.25) is 0 Å². The Hall–Kier alpha value is -3.15. The summed E-state index contributed by atoms with van der Waals surface area (Å²) in [5.41, 5.74) is 2.10. The average molecular weight is 323 g/mol. The van der Waals surface area contributed by atoms with Crippen molar-refractivity contribution in [1.29, 1.82) is 0 Å². The Balaban J connectivity index is 2.30. The van der Waals surface area contributed by atoms with Crippen LogP contribution in [0.2, 0.25) is 0 Å². The lowest BCUT2D eigenvalue weighted by molar-refractivity contribution is 0.0528. The first-order chi connectivity index (χ1) is 11.6. The van der Waals surface area contributed by atoms with E-state index in [1.807, 2.05) is 30.3 Å². The van der Waals surface area contributed by atoms with E-state index in [0.29, 0.717) is 22.5 Å². The van der Waals surface area contributed by atoms with Gasteiger partial charge in [-0.1, -0.05) is 30.3 Å². The van der Waals surface area contributed by atoms with Crippen molar-refractivity contribution < 1.29 is 9.53 Å². The quantitative estimate of drug-likeness (QED) is 0.749. The van der Waals surface area contributed by atoms with Gasteiger partial charge in [0, 0.05) is 18.8 Å². The summed E-state index contributed by atoms with van der Waals surface area (Å²) in [6, 6.07) is 12.7. The van der Waals surface area contributed by atoms with Gasteiger partial charge >= 0.3 is 5.97 Å². The highest BCUT2D eigenvalue weighted by Crippen LogP contribution is 2.31. The summed E-state index contributed by atoms with van der Waals surface area (Å²) < 4.78 is 6.74. The molecule has 1 aromatic carbocycles. The Labute approximate surface area is 138 Å². The monoisotopic (exact) mass is 323 g/mol. The maximum Gasteiger partial charge on any atom is 0.342 e. The molecule has 0 amide bonds. The molecule has 2 heterocycles. The van der Waals surface area contributed by atoms with Crippen LogP contribution in [0.4, 0.5) is 0 Å². The number of aromatic amines is 1. The number of hydrogen-bond acceptors (Lipinski definition) is 4. The predicted molar refractivity (Wildman–Crippen MR) is 90.7 cm³/mol. The summed E-state index contributed by atoms with van der Waals surface area (Å²) in [7, 11) is 1.71. The zero-order valence-electron chi connectivity index (χ0n) is 13.4. The molecule has 0 atom stereocenters. The number of esters is 1. The van der Waals surface area contributed by atoms with Crippen LogP contribution in [0.1, 0.15) is 17.3 Å². The number of pyridine rings is 1. The molecular weight excluding hydrogens is 306 g/mol. The van der Waals surface area contributed by atoms with E-state index >= 15 is 0 Å². The van der Waals surface area contributed by atoms with Gasteiger partial charge in [-0.3, -0.25) is 9.48 Å². The van der Waals surface area contributed by atoms with E-state index in [1.165, 1.54) is 0 Å². The predicted octanol–water partition coefficient (Wildman–Crippen LogP) is 2.62. The lowest BCUT2D eigenvalue weighted by Crippen LogP contribution is -2.13. The van der Waals surface area contributed by atoms with Crippen molar-refractivity contribution in [3.63, 3.8) is 0 Å². The molecule has 1 N–H and O–H groups in total. The number of aryl methyl sites for hydroxylation is 1. The molecule has 6 nitrogen and oxygen atoms in total. The minimum absolute atomic E-state index is 0.243. The van der Waals surface area contributed by atoms with Gasteiger partial charge in [0.1, 0.15) is 11.3 Å². The molecule has 0 aliphatic rings. The van der Waals surface area contributed by atoms with E-state index in [-0.39, 0.29) is 12.2 Å². The molecule has 0 bridgehead atoms. The van der Waals surface area contributed by atoms with Gasteiger partial charge in [-0.05, 0) is 19.1 Å². The topological polar surface area (TPSA) is 77.0 Å². The van der Waals surface area contributed by atoms with E-state index < -0.39 is 5.97 Å². The molecular formula is C18H17N3O3. The second kappa shape index (κ2) is 6.54. The van der Waals surface area contributed by atoms with Gasteiger partial charge in [0.25, 0.3) is 5.56 Å². The highest BCUT2D eigenvalue weighted by atomic mass is 16.5. The van der Waals surface area contributed by atoms with Crippen molar-refractivity contribution in [1.82, 2.24) is 14.8 Å². The molecule has 0 saturated heterocycles. The molecule has 0 saturated carbocycles. The number of ether oxygens (including phenoxy) is 1. The standard InChI is InChI=1S/C18H17N3O3/c1-3-24-18(23)14-15(12-8-5-4-6-9-12)20-21(2)16(14)13-10-7-11-19-17(13)22/h4-11H,3H2,1-2H3,(H,19,22). The lowest BCUT2D eigenvalue weighted by Gasteiger charge is -2.06. The summed E-state index contributed by atoms with van der Waals surface area (Å²) in [5.74, 6) is -0.497. The Morgan fingerprint density at radius 2 is 1.96 bits per heavy atom. The van der Waals surface area contributed by atoms with Gasteiger partial charge < -0.3 is 9.72 Å². The normalized spacial score (nSPS) is 10.6. The van der Waals surface area contributed by atoms with Crippen LogP contribution in [0.5, 0.6) is 0 Å². The van der Waals surface area contributed by atoms with Gasteiger partial charge in [-0.15, -0.1) is 0 Å². The highest BCUT2D eigenvalue weighted by molar-refractivity contribution is 6.02. The van der Waals surface area contributed by atoms with Crippen molar-refractivity contribution in [3.8, 4) is 22.5 Å². The number of benzene rings is 1. The van der Waals surface area contributed by atoms with Crippen LogP contribution >= 0.6 is 0 Å². The maximum absolute atomic E-state index is 12.6. The van der Waals surface area contributed by atoms with Crippen molar-refractivity contribution in [2.45, 2.75) is 6.92 Å². The highest BCUT2D eigenvalue weighted by Gasteiger charge is 2.26. The lowest BCUT2D eigenvalue weighted by atomic mass is 10.0. The summed E-state index contributed by atoms with van der Waals surface area (Å²) in [4.78, 5) is 27.4. The van der Waals surface area contributed by atoms with Crippen molar-refractivity contribution >= 4 is 5.97 Å². The summed E-state index contributed by atoms with van der Waals surface area (Å²) in [6.45, 7) is 1.98. The molecule has 0 fully saturated rings. The fraction of sp³-hybridized carbons (Fsp3) is 0.167. The van der Waals surface area contributed by atoms with E-state index in [4.69, 9.17) is 4.74 Å². The third kappa shape index (κ3) is 2.74. The van der Waals surface area contributed by atoms with E-state index in [1.54, 1.807) is 37.0 Å². The Morgan fingerprint density at radius 1 is 1.21 bits per heavy atom. The number of aromatic nitrogens is 3. The number of carbonyl (C=O) groups excluding carboxylic acids is 1. The fourth-order valence-electron chi connectivity index (χ4n) is 2.64. The van der Waals surface area contributed by atoms with Crippen LogP contribution in [-0.2, 0) is 11.8 Å². The van der Waals surface area contributed by atoms with Crippen molar-refractivity contribution in [3.05, 3.63) is 64.6 Å². The first kappa shape index (κ1) is 15.7. The van der Waals surface area contributed by atoms with E-state index in [2.05, 4.69) is 10.1 Å². The average Bonchev–Trinajstić information content (AvgIpc) is 2.94. The Morgan fingerprint density at radius 3 is 2.62 bits per heavy atom. The summed E-state index contributed by atoms with van der Waals surface area (Å²) >= 11 is 0. The Kier molecular flexibility index (Phi) is 4.29. The molecule has 24 heavy (non-hydrogen) atoms. The van der Waals surface area contributed by atoms with Gasteiger partial charge in [0.15, 0.2) is 0 Å². The smallest absolute Gasteiger partial charge is 0.342 e. The molecule has 0 aliphatic heterocycles. The van der Waals surface area contributed by atoms with Crippen LogP contribution in [-0.4, -0.2) is 27.3 Å². The summed E-state index contributed by atoms with van der Waals surface area (Å²) in [6.07, 6.45) is 1.55. The summed E-state index contributed by atoms with van der Waals surface area (Å²) in [5, 5.41) is 4.46. The number of nitrogens with zero attached hydrogens (tertiary/aromatic N) is 2. The first-order valence-corrected chi connectivity index (χ1v) is 7.61. The zero-order valence-corrected chi connectivity index (χ0v) is 13.4. The number of carbonyl (C=O) groups is 1. The third-order valence-corrected chi connectivity index (χ3v) is 3.65. The minimum atomic E-state index is -0.497. The van der Waals surface area contributed by atoms with E-state index in [0.717, 1.165) is 5.56 Å². The maximum atomic E-state index is 12.6. The van der Waals surface area contributed by atoms with Crippen molar-refractivity contribution in [2.24, 2.45) is 7.05 Å². The molecule has 6 heteroatoms. The molecule has 0 aliphatic carbocycles. The number of nitrogens with one attached hydrogen (secondary N) is 1. The second-order valence-electron chi connectivity index (χ2n) is 5.20. The van der Waals surface area contributed by atoms with Crippen LogP contribution < -0.4 is 5.56 Å². The SMILES string of the molecule is CCOC(=O)c1c(-c2ccccc2)nn(C)c1-c1ccc[nH]c1=O. The number of H-pyrrole nitrogens is 1. The first-order valence-electron chi connectivity index (χ1n) is 7.61. The molecule has 122 valence electrons.